The van der Waals surface area contributed by atoms with Crippen LogP contribution in [0.2, 0.25) is 0 Å². The number of rotatable bonds is 5. The second kappa shape index (κ2) is 8.73. The molecule has 3 heteroatoms. The normalized spacial score (nSPS) is 24.4. The summed E-state index contributed by atoms with van der Waals surface area (Å²) in [5.41, 5.74) is 2.60. The van der Waals surface area contributed by atoms with Gasteiger partial charge in [-0.1, -0.05) is 38.3 Å². The van der Waals surface area contributed by atoms with Crippen LogP contribution in [0.1, 0.15) is 57.4 Å². The van der Waals surface area contributed by atoms with Gasteiger partial charge in [0.05, 0.1) is 0 Å². The molecule has 138 valence electrons. The third-order valence-electron chi connectivity index (χ3n) is 6.12. The molecular weight excluding hydrogens is 308 g/mol. The molecule has 2 aliphatic rings. The van der Waals surface area contributed by atoms with E-state index in [-0.39, 0.29) is 0 Å². The summed E-state index contributed by atoms with van der Waals surface area (Å²) >= 11 is 0. The number of piperazine rings is 1. The van der Waals surface area contributed by atoms with E-state index in [2.05, 4.69) is 47.9 Å². The van der Waals surface area contributed by atoms with Crippen LogP contribution >= 0.6 is 0 Å². The molecule has 0 spiro atoms. The number of carbonyl (C=O) groups is 1. The third kappa shape index (κ3) is 4.77. The minimum Gasteiger partial charge on any atom is -0.368 e. The van der Waals surface area contributed by atoms with E-state index in [1.165, 1.54) is 43.4 Å². The zero-order valence-electron chi connectivity index (χ0n) is 16.0. The highest BCUT2D eigenvalue weighted by Gasteiger charge is 2.30. The van der Waals surface area contributed by atoms with Crippen molar-refractivity contribution in [2.45, 2.75) is 58.8 Å². The Morgan fingerprint density at radius 2 is 1.80 bits per heavy atom. The van der Waals surface area contributed by atoms with E-state index in [4.69, 9.17) is 0 Å². The Morgan fingerprint density at radius 3 is 2.44 bits per heavy atom. The number of benzene rings is 1. The molecule has 1 amide bonds. The zero-order chi connectivity index (χ0) is 17.6. The van der Waals surface area contributed by atoms with Gasteiger partial charge in [0.1, 0.15) is 0 Å². The van der Waals surface area contributed by atoms with Gasteiger partial charge >= 0.3 is 0 Å². The Morgan fingerprint density at radius 1 is 1.08 bits per heavy atom. The van der Waals surface area contributed by atoms with Crippen LogP contribution in [0.25, 0.3) is 0 Å². The molecular formula is C22H34N2O. The Hall–Kier alpha value is -1.51. The van der Waals surface area contributed by atoms with E-state index in [1.807, 2.05) is 0 Å². The lowest BCUT2D eigenvalue weighted by molar-refractivity contribution is -0.137. The van der Waals surface area contributed by atoms with E-state index < -0.39 is 0 Å². The second-order valence-corrected chi connectivity index (χ2v) is 8.01. The van der Waals surface area contributed by atoms with Gasteiger partial charge < -0.3 is 9.80 Å². The smallest absolute Gasteiger partial charge is 0.225 e. The molecule has 1 aromatic carbocycles. The average Bonchev–Trinajstić information content (AvgIpc) is 2.66. The fourth-order valence-electron chi connectivity index (χ4n) is 4.46. The van der Waals surface area contributed by atoms with Gasteiger partial charge in [-0.15, -0.1) is 0 Å². The summed E-state index contributed by atoms with van der Waals surface area (Å²) in [4.78, 5) is 17.4. The summed E-state index contributed by atoms with van der Waals surface area (Å²) in [6, 6.07) is 8.69. The van der Waals surface area contributed by atoms with Gasteiger partial charge in [-0.25, -0.2) is 0 Å². The van der Waals surface area contributed by atoms with Crippen molar-refractivity contribution < 1.29 is 4.79 Å². The number of amides is 1. The molecule has 25 heavy (non-hydrogen) atoms. The lowest BCUT2D eigenvalue weighted by Crippen LogP contribution is -2.50. The molecule has 0 radical (unpaired) electrons. The fourth-order valence-corrected chi connectivity index (χ4v) is 4.46. The second-order valence-electron chi connectivity index (χ2n) is 8.01. The molecule has 0 unspecified atom stereocenters. The van der Waals surface area contributed by atoms with Crippen LogP contribution < -0.4 is 4.90 Å². The summed E-state index contributed by atoms with van der Waals surface area (Å²) in [7, 11) is 0. The third-order valence-corrected chi connectivity index (χ3v) is 6.12. The lowest BCUT2D eigenvalue weighted by atomic mass is 9.79. The molecule has 1 saturated carbocycles. The maximum absolute atomic E-state index is 12.9. The molecule has 1 aromatic rings. The van der Waals surface area contributed by atoms with Crippen LogP contribution in [-0.2, 0) is 4.79 Å². The number of hydrogen-bond donors (Lipinski definition) is 0. The van der Waals surface area contributed by atoms with Crippen LogP contribution in [0.15, 0.2) is 24.3 Å². The maximum Gasteiger partial charge on any atom is 0.225 e. The standard InChI is InChI=1S/C22H34N2O/c1-3-4-7-19-9-11-20(12-10-19)22(25)24-15-13-23(14-16-24)21-8-5-6-18(2)17-21/h5-6,8,17,19-20H,3-4,7,9-16H2,1-2H3. The number of carbonyl (C=O) groups excluding carboxylic acids is 1. The van der Waals surface area contributed by atoms with Crippen LogP contribution in [-0.4, -0.2) is 37.0 Å². The molecule has 3 nitrogen and oxygen atoms in total. The SMILES string of the molecule is CCCCC1CCC(C(=O)N2CCN(c3cccc(C)c3)CC2)CC1. The summed E-state index contributed by atoms with van der Waals surface area (Å²) in [5, 5.41) is 0. The van der Waals surface area contributed by atoms with Crippen molar-refractivity contribution in [2.24, 2.45) is 11.8 Å². The van der Waals surface area contributed by atoms with Gasteiger partial charge in [-0.3, -0.25) is 4.79 Å². The molecule has 1 aliphatic heterocycles. The monoisotopic (exact) mass is 342 g/mol. The number of hydrogen-bond acceptors (Lipinski definition) is 2. The molecule has 0 aromatic heterocycles. The van der Waals surface area contributed by atoms with Crippen molar-refractivity contribution in [3.8, 4) is 0 Å². The van der Waals surface area contributed by atoms with E-state index in [9.17, 15) is 4.79 Å². The lowest BCUT2D eigenvalue weighted by Gasteiger charge is -2.39. The van der Waals surface area contributed by atoms with Crippen molar-refractivity contribution in [2.75, 3.05) is 31.1 Å². The van der Waals surface area contributed by atoms with Crippen molar-refractivity contribution >= 4 is 11.6 Å². The highest BCUT2D eigenvalue weighted by atomic mass is 16.2. The van der Waals surface area contributed by atoms with Gasteiger partial charge in [-0.05, 0) is 56.2 Å². The van der Waals surface area contributed by atoms with Crippen LogP contribution in [0, 0.1) is 18.8 Å². The van der Waals surface area contributed by atoms with Crippen molar-refractivity contribution in [1.29, 1.82) is 0 Å². The number of anilines is 1. The molecule has 2 fully saturated rings. The summed E-state index contributed by atoms with van der Waals surface area (Å²) in [5.74, 6) is 1.60. The number of unbranched alkanes of at least 4 members (excludes halogenated alkanes) is 1. The van der Waals surface area contributed by atoms with Gasteiger partial charge in [0, 0.05) is 37.8 Å². The van der Waals surface area contributed by atoms with Crippen molar-refractivity contribution in [1.82, 2.24) is 4.90 Å². The highest BCUT2D eigenvalue weighted by molar-refractivity contribution is 5.79. The Bertz CT molecular complexity index is 555. The molecule has 0 atom stereocenters. The minimum atomic E-state index is 0.295. The molecule has 3 rings (SSSR count). The predicted molar refractivity (Wildman–Crippen MR) is 105 cm³/mol. The summed E-state index contributed by atoms with van der Waals surface area (Å²) in [6.07, 6.45) is 8.77. The van der Waals surface area contributed by atoms with E-state index in [1.54, 1.807) is 0 Å². The molecule has 1 saturated heterocycles. The van der Waals surface area contributed by atoms with Crippen LogP contribution in [0.4, 0.5) is 5.69 Å². The van der Waals surface area contributed by atoms with E-state index in [0.29, 0.717) is 11.8 Å². The van der Waals surface area contributed by atoms with Crippen molar-refractivity contribution in [3.63, 3.8) is 0 Å². The Kier molecular flexibility index (Phi) is 6.39. The summed E-state index contributed by atoms with van der Waals surface area (Å²) < 4.78 is 0. The van der Waals surface area contributed by atoms with Crippen LogP contribution in [0.5, 0.6) is 0 Å². The number of nitrogens with zero attached hydrogens (tertiary/aromatic N) is 2. The highest BCUT2D eigenvalue weighted by Crippen LogP contribution is 2.33. The van der Waals surface area contributed by atoms with E-state index in [0.717, 1.165) is 44.9 Å². The Labute approximate surface area is 153 Å². The minimum absolute atomic E-state index is 0.295. The molecule has 1 heterocycles. The fraction of sp³-hybridized carbons (Fsp3) is 0.682. The largest absolute Gasteiger partial charge is 0.368 e. The van der Waals surface area contributed by atoms with Crippen molar-refractivity contribution in [3.05, 3.63) is 29.8 Å². The first-order chi connectivity index (χ1) is 12.2. The zero-order valence-corrected chi connectivity index (χ0v) is 16.0. The van der Waals surface area contributed by atoms with Gasteiger partial charge in [-0.2, -0.15) is 0 Å². The predicted octanol–water partition coefficient (Wildman–Crippen LogP) is 4.64. The topological polar surface area (TPSA) is 23.6 Å². The van der Waals surface area contributed by atoms with Gasteiger partial charge in [0.2, 0.25) is 5.91 Å². The number of aryl methyl sites for hydroxylation is 1. The van der Waals surface area contributed by atoms with Gasteiger partial charge in [0.25, 0.3) is 0 Å². The van der Waals surface area contributed by atoms with Gasteiger partial charge in [0.15, 0.2) is 0 Å². The first-order valence-corrected chi connectivity index (χ1v) is 10.3. The average molecular weight is 343 g/mol. The Balaban J connectivity index is 1.46. The summed E-state index contributed by atoms with van der Waals surface area (Å²) in [6.45, 7) is 8.08. The first kappa shape index (κ1) is 18.3. The first-order valence-electron chi connectivity index (χ1n) is 10.3. The van der Waals surface area contributed by atoms with Crippen LogP contribution in [0.3, 0.4) is 0 Å². The maximum atomic E-state index is 12.9. The molecule has 0 N–H and O–H groups in total. The van der Waals surface area contributed by atoms with E-state index >= 15 is 0 Å². The quantitative estimate of drug-likeness (QED) is 0.778. The molecule has 0 bridgehead atoms. The molecule has 1 aliphatic carbocycles.